The van der Waals surface area contributed by atoms with Crippen molar-refractivity contribution in [3.05, 3.63) is 58.1 Å². The van der Waals surface area contributed by atoms with Crippen LogP contribution < -0.4 is 20.7 Å². The van der Waals surface area contributed by atoms with Crippen LogP contribution in [0.25, 0.3) is 0 Å². The van der Waals surface area contributed by atoms with Crippen molar-refractivity contribution in [1.29, 1.82) is 0 Å². The van der Waals surface area contributed by atoms with E-state index in [1.165, 1.54) is 6.42 Å². The van der Waals surface area contributed by atoms with Crippen LogP contribution in [0.3, 0.4) is 0 Å². The van der Waals surface area contributed by atoms with Crippen LogP contribution in [0, 0.1) is 0 Å². The second-order valence-corrected chi connectivity index (χ2v) is 9.02. The van der Waals surface area contributed by atoms with Gasteiger partial charge in [-0.15, -0.1) is 0 Å². The van der Waals surface area contributed by atoms with Crippen LogP contribution in [-0.2, 0) is 27.5 Å². The summed E-state index contributed by atoms with van der Waals surface area (Å²) in [5.41, 5.74) is 3.24. The lowest BCUT2D eigenvalue weighted by molar-refractivity contribution is -0.121. The number of carbonyl (C=O) groups excluding carboxylic acids is 4. The van der Waals surface area contributed by atoms with Gasteiger partial charge in [0, 0.05) is 48.9 Å². The topological polar surface area (TPSA) is 137 Å². The largest absolute Gasteiger partial charge is 0.491 e. The Balaban J connectivity index is 0.000000384. The Morgan fingerprint density at radius 2 is 1.90 bits per heavy atom. The molecule has 11 heteroatoms. The van der Waals surface area contributed by atoms with E-state index in [9.17, 15) is 19.2 Å². The molecule has 0 aromatic heterocycles. The van der Waals surface area contributed by atoms with Crippen LogP contribution in [0.2, 0.25) is 5.02 Å². The highest BCUT2D eigenvalue weighted by atomic mass is 35.5. The zero-order valence-electron chi connectivity index (χ0n) is 23.0. The van der Waals surface area contributed by atoms with Crippen LogP contribution in [0.15, 0.2) is 36.4 Å². The molecule has 0 fully saturated rings. The number of anilines is 1. The number of nitrogens with zero attached hydrogens (tertiary/aromatic N) is 1. The van der Waals surface area contributed by atoms with Crippen molar-refractivity contribution in [1.82, 2.24) is 15.5 Å². The molecule has 0 radical (unpaired) electrons. The van der Waals surface area contributed by atoms with Gasteiger partial charge in [-0.1, -0.05) is 44.0 Å². The fourth-order valence-corrected chi connectivity index (χ4v) is 3.87. The first kappa shape index (κ1) is 33.6. The molecule has 2 aromatic carbocycles. The van der Waals surface area contributed by atoms with Crippen LogP contribution >= 0.6 is 11.6 Å². The summed E-state index contributed by atoms with van der Waals surface area (Å²) in [6.07, 6.45) is 3.13. The van der Waals surface area contributed by atoms with E-state index in [0.29, 0.717) is 41.4 Å². The van der Waals surface area contributed by atoms with Gasteiger partial charge >= 0.3 is 0 Å². The molecule has 10 nitrogen and oxygen atoms in total. The van der Waals surface area contributed by atoms with E-state index in [-0.39, 0.29) is 31.4 Å². The molecule has 1 aliphatic heterocycles. The predicted octanol–water partition coefficient (Wildman–Crippen LogP) is 3.15. The van der Waals surface area contributed by atoms with Crippen molar-refractivity contribution < 1.29 is 29.0 Å². The Kier molecular flexibility index (Phi) is 16.1. The molecular formula is C28H39ClN4O6. The molecule has 0 saturated heterocycles. The van der Waals surface area contributed by atoms with Crippen molar-refractivity contribution in [2.45, 2.75) is 52.2 Å². The number of amides is 3. The molecule has 214 valence electrons. The molecule has 0 aliphatic carbocycles. The number of rotatable bonds is 12. The van der Waals surface area contributed by atoms with E-state index < -0.39 is 6.04 Å². The summed E-state index contributed by atoms with van der Waals surface area (Å²) in [5.74, 6) is 0.239. The summed E-state index contributed by atoms with van der Waals surface area (Å²) in [7, 11) is 3.42. The molecule has 39 heavy (non-hydrogen) atoms. The molecule has 1 heterocycles. The maximum absolute atomic E-state index is 12.4. The number of fused-ring (bicyclic) bond motifs is 1. The van der Waals surface area contributed by atoms with Gasteiger partial charge in [-0.2, -0.15) is 0 Å². The maximum atomic E-state index is 12.4. The van der Waals surface area contributed by atoms with Crippen molar-refractivity contribution >= 4 is 41.8 Å². The smallest absolute Gasteiger partial charge is 0.255 e. The van der Waals surface area contributed by atoms with Gasteiger partial charge in [0.15, 0.2) is 0 Å². The Hall–Kier alpha value is -3.47. The summed E-state index contributed by atoms with van der Waals surface area (Å²) < 4.78 is 5.13. The van der Waals surface area contributed by atoms with Crippen LogP contribution in [-0.4, -0.2) is 67.9 Å². The minimum Gasteiger partial charge on any atom is -0.491 e. The first-order chi connectivity index (χ1) is 18.8. The number of hydrogen-bond acceptors (Lipinski definition) is 7. The lowest BCUT2D eigenvalue weighted by atomic mass is 10.1. The molecular weight excluding hydrogens is 524 g/mol. The second-order valence-electron chi connectivity index (χ2n) is 8.59. The normalized spacial score (nSPS) is 12.2. The average Bonchev–Trinajstić information content (AvgIpc) is 3.24. The molecule has 1 unspecified atom stereocenters. The van der Waals surface area contributed by atoms with Crippen LogP contribution in [0.4, 0.5) is 5.69 Å². The molecule has 0 spiro atoms. The Labute approximate surface area is 235 Å². The van der Waals surface area contributed by atoms with E-state index in [0.717, 1.165) is 24.0 Å². The summed E-state index contributed by atoms with van der Waals surface area (Å²) in [5, 5.41) is 17.1. The molecule has 3 rings (SSSR count). The zero-order chi connectivity index (χ0) is 29.2. The Morgan fingerprint density at radius 1 is 1.18 bits per heavy atom. The quantitative estimate of drug-likeness (QED) is 0.292. The fraction of sp³-hybridized carbons (Fsp3) is 0.429. The maximum Gasteiger partial charge on any atom is 0.255 e. The number of nitrogens with one attached hydrogen (secondary N) is 3. The summed E-state index contributed by atoms with van der Waals surface area (Å²) in [6.45, 7) is 5.53. The third kappa shape index (κ3) is 11.4. The van der Waals surface area contributed by atoms with Gasteiger partial charge in [0.2, 0.25) is 12.3 Å². The summed E-state index contributed by atoms with van der Waals surface area (Å²) in [4.78, 5) is 46.8. The Morgan fingerprint density at radius 3 is 2.49 bits per heavy atom. The van der Waals surface area contributed by atoms with Gasteiger partial charge in [0.05, 0.1) is 12.6 Å². The molecule has 0 bridgehead atoms. The lowest BCUT2D eigenvalue weighted by Crippen LogP contribution is -2.37. The van der Waals surface area contributed by atoms with Gasteiger partial charge in [0.25, 0.3) is 5.91 Å². The van der Waals surface area contributed by atoms with Crippen molar-refractivity contribution in [2.24, 2.45) is 0 Å². The minimum absolute atomic E-state index is 0.0665. The highest BCUT2D eigenvalue weighted by Gasteiger charge is 2.32. The van der Waals surface area contributed by atoms with Gasteiger partial charge in [-0.3, -0.25) is 14.4 Å². The highest BCUT2D eigenvalue weighted by molar-refractivity contribution is 6.31. The number of carbonyl (C=O) groups is 4. The fourth-order valence-electron chi connectivity index (χ4n) is 3.64. The minimum atomic E-state index is -0.565. The molecule has 4 N–H and O–H groups in total. The number of halogens is 1. The molecule has 3 amide bonds. The third-order valence-corrected chi connectivity index (χ3v) is 5.56. The standard InChI is InChI=1S/C16H21N3O3.C9H10ClNO3.C3H8/c1-17-8-11-3-5-14-12(7-11)9-19(16(14)22)13(10-20)4-6-15(21)18-2;10-7-3-8(11-6-13)5-9(4-7)14-2-1-12;1-3-2/h3,5,7,10,13,17H,4,6,8-9H2,1-2H3,(H,18,21);3-6,12H,1-2H2,(H,11,13);3H2,1-2H3. The third-order valence-electron chi connectivity index (χ3n) is 5.34. The number of aliphatic hydroxyl groups is 1. The molecule has 2 aromatic rings. The number of aliphatic hydroxyl groups excluding tert-OH is 1. The lowest BCUT2D eigenvalue weighted by Gasteiger charge is -2.22. The van der Waals surface area contributed by atoms with E-state index in [1.807, 2.05) is 25.2 Å². The van der Waals surface area contributed by atoms with Crippen LogP contribution in [0.1, 0.15) is 54.6 Å². The molecule has 1 atom stereocenters. The van der Waals surface area contributed by atoms with Crippen molar-refractivity contribution in [3.63, 3.8) is 0 Å². The average molecular weight is 563 g/mol. The van der Waals surface area contributed by atoms with Crippen molar-refractivity contribution in [2.75, 3.05) is 32.6 Å². The number of aldehydes is 1. The Bertz CT molecular complexity index is 1080. The van der Waals surface area contributed by atoms with Crippen LogP contribution in [0.5, 0.6) is 5.75 Å². The van der Waals surface area contributed by atoms with Crippen molar-refractivity contribution in [3.8, 4) is 5.75 Å². The number of ether oxygens (including phenoxy) is 1. The van der Waals surface area contributed by atoms with Gasteiger partial charge in [-0.05, 0) is 42.8 Å². The monoisotopic (exact) mass is 562 g/mol. The van der Waals surface area contributed by atoms with E-state index >= 15 is 0 Å². The second kappa shape index (κ2) is 18.7. The first-order valence-electron chi connectivity index (χ1n) is 12.8. The van der Waals surface area contributed by atoms with E-state index in [2.05, 4.69) is 29.8 Å². The highest BCUT2D eigenvalue weighted by Crippen LogP contribution is 2.27. The molecule has 1 aliphatic rings. The summed E-state index contributed by atoms with van der Waals surface area (Å²) in [6, 6.07) is 9.97. The predicted molar refractivity (Wildman–Crippen MR) is 152 cm³/mol. The van der Waals surface area contributed by atoms with Gasteiger partial charge in [0.1, 0.15) is 18.6 Å². The number of benzene rings is 2. The SMILES string of the molecule is CCC.CNCc1ccc2c(c1)CN(C(C=O)CCC(=O)NC)C2=O.O=CNc1cc(Cl)cc(OCCO)c1. The zero-order valence-corrected chi connectivity index (χ0v) is 23.7. The van der Waals surface area contributed by atoms with Gasteiger partial charge < -0.3 is 35.5 Å². The summed E-state index contributed by atoms with van der Waals surface area (Å²) >= 11 is 5.77. The number of hydrogen-bond donors (Lipinski definition) is 4. The first-order valence-corrected chi connectivity index (χ1v) is 13.1. The van der Waals surface area contributed by atoms with E-state index in [1.54, 1.807) is 30.1 Å². The molecule has 0 saturated carbocycles. The van der Waals surface area contributed by atoms with Gasteiger partial charge in [-0.25, -0.2) is 0 Å². The van der Waals surface area contributed by atoms with E-state index in [4.69, 9.17) is 21.4 Å².